The number of nitrogens with zero attached hydrogens (tertiary/aromatic N) is 4. The average Bonchev–Trinajstić information content (AvgIpc) is 3.10. The van der Waals surface area contributed by atoms with Crippen LogP contribution in [0.25, 0.3) is 11.4 Å². The molecule has 8 heteroatoms. The lowest BCUT2D eigenvalue weighted by molar-refractivity contribution is -0.147. The predicted molar refractivity (Wildman–Crippen MR) is 94.3 cm³/mol. The van der Waals surface area contributed by atoms with Crippen LogP contribution in [-0.4, -0.2) is 38.1 Å². The standard InChI is InChI=1S/C19H17FN4O3/c1-12-3-5-15(6-4-12)19-21-23-24(22-19)11-17(25)27-13(2)18(26)14-7-9-16(20)10-8-14/h3-10,13H,11H2,1-2H3/t13-/m0/s1. The van der Waals surface area contributed by atoms with E-state index in [9.17, 15) is 14.0 Å². The smallest absolute Gasteiger partial charge is 0.330 e. The van der Waals surface area contributed by atoms with Gasteiger partial charge in [0.15, 0.2) is 12.6 Å². The van der Waals surface area contributed by atoms with Gasteiger partial charge in [0.2, 0.25) is 11.6 Å². The number of hydrogen-bond donors (Lipinski definition) is 0. The van der Waals surface area contributed by atoms with Crippen LogP contribution in [0.4, 0.5) is 4.39 Å². The van der Waals surface area contributed by atoms with Crippen LogP contribution in [0, 0.1) is 12.7 Å². The molecule has 0 amide bonds. The zero-order valence-corrected chi connectivity index (χ0v) is 14.8. The van der Waals surface area contributed by atoms with Crippen molar-refractivity contribution in [1.29, 1.82) is 0 Å². The minimum Gasteiger partial charge on any atom is -0.453 e. The summed E-state index contributed by atoms with van der Waals surface area (Å²) in [7, 11) is 0. The van der Waals surface area contributed by atoms with Crippen molar-refractivity contribution in [3.63, 3.8) is 0 Å². The third-order valence-electron chi connectivity index (χ3n) is 3.84. The van der Waals surface area contributed by atoms with Gasteiger partial charge in [-0.25, -0.2) is 9.18 Å². The summed E-state index contributed by atoms with van der Waals surface area (Å²) < 4.78 is 18.0. The van der Waals surface area contributed by atoms with Crippen molar-refractivity contribution in [2.45, 2.75) is 26.5 Å². The lowest BCUT2D eigenvalue weighted by Gasteiger charge is -2.11. The molecule has 0 N–H and O–H groups in total. The Morgan fingerprint density at radius 2 is 1.78 bits per heavy atom. The molecule has 0 aliphatic rings. The molecule has 138 valence electrons. The summed E-state index contributed by atoms with van der Waals surface area (Å²) in [5, 5.41) is 11.9. The van der Waals surface area contributed by atoms with E-state index in [0.29, 0.717) is 5.82 Å². The van der Waals surface area contributed by atoms with Gasteiger partial charge < -0.3 is 4.74 Å². The minimum atomic E-state index is -1.01. The van der Waals surface area contributed by atoms with Crippen LogP contribution >= 0.6 is 0 Å². The number of tetrazole rings is 1. The summed E-state index contributed by atoms with van der Waals surface area (Å²) >= 11 is 0. The third-order valence-corrected chi connectivity index (χ3v) is 3.84. The fraction of sp³-hybridized carbons (Fsp3) is 0.211. The first-order valence-electron chi connectivity index (χ1n) is 8.26. The van der Waals surface area contributed by atoms with Crippen LogP contribution in [0.2, 0.25) is 0 Å². The number of carbonyl (C=O) groups excluding carboxylic acids is 2. The van der Waals surface area contributed by atoms with E-state index in [0.717, 1.165) is 15.9 Å². The van der Waals surface area contributed by atoms with E-state index in [1.165, 1.54) is 31.2 Å². The van der Waals surface area contributed by atoms with Crippen LogP contribution in [0.3, 0.4) is 0 Å². The molecule has 0 unspecified atom stereocenters. The van der Waals surface area contributed by atoms with Gasteiger partial charge in [-0.3, -0.25) is 4.79 Å². The van der Waals surface area contributed by atoms with Crippen molar-refractivity contribution in [2.24, 2.45) is 0 Å². The van der Waals surface area contributed by atoms with Gasteiger partial charge in [0, 0.05) is 11.1 Å². The number of Topliss-reactive ketones (excluding diaryl/α,β-unsaturated/α-hetero) is 1. The van der Waals surface area contributed by atoms with Crippen molar-refractivity contribution in [3.05, 3.63) is 65.5 Å². The van der Waals surface area contributed by atoms with Gasteiger partial charge in [0.25, 0.3) is 0 Å². The Balaban J connectivity index is 1.59. The topological polar surface area (TPSA) is 87.0 Å². The fourth-order valence-corrected chi connectivity index (χ4v) is 2.38. The number of hydrogen-bond acceptors (Lipinski definition) is 6. The van der Waals surface area contributed by atoms with Crippen molar-refractivity contribution in [3.8, 4) is 11.4 Å². The molecule has 0 fully saturated rings. The van der Waals surface area contributed by atoms with E-state index in [2.05, 4.69) is 15.4 Å². The first kappa shape index (κ1) is 18.4. The Hall–Kier alpha value is -3.42. The van der Waals surface area contributed by atoms with Crippen LogP contribution in [0.15, 0.2) is 48.5 Å². The third kappa shape index (κ3) is 4.60. The minimum absolute atomic E-state index is 0.261. The van der Waals surface area contributed by atoms with E-state index >= 15 is 0 Å². The van der Waals surface area contributed by atoms with Gasteiger partial charge in [-0.05, 0) is 43.3 Å². The Bertz CT molecular complexity index is 952. The number of benzene rings is 2. The van der Waals surface area contributed by atoms with Gasteiger partial charge in [-0.15, -0.1) is 10.2 Å². The highest BCUT2D eigenvalue weighted by Gasteiger charge is 2.20. The number of aryl methyl sites for hydroxylation is 1. The van der Waals surface area contributed by atoms with Crippen LogP contribution in [0.5, 0.6) is 0 Å². The van der Waals surface area contributed by atoms with Crippen molar-refractivity contribution < 1.29 is 18.7 Å². The average molecular weight is 368 g/mol. The Morgan fingerprint density at radius 3 is 2.44 bits per heavy atom. The molecule has 3 aromatic rings. The van der Waals surface area contributed by atoms with Gasteiger partial charge in [0.05, 0.1) is 0 Å². The molecule has 0 aliphatic carbocycles. The second-order valence-corrected chi connectivity index (χ2v) is 6.01. The maximum atomic E-state index is 12.9. The van der Waals surface area contributed by atoms with Crippen molar-refractivity contribution in [2.75, 3.05) is 0 Å². The molecule has 0 saturated carbocycles. The number of ether oxygens (including phenoxy) is 1. The van der Waals surface area contributed by atoms with Crippen LogP contribution in [0.1, 0.15) is 22.8 Å². The molecule has 0 aliphatic heterocycles. The Morgan fingerprint density at radius 1 is 1.11 bits per heavy atom. The normalized spacial score (nSPS) is 11.8. The first-order valence-corrected chi connectivity index (χ1v) is 8.26. The second-order valence-electron chi connectivity index (χ2n) is 6.01. The van der Waals surface area contributed by atoms with E-state index in [1.807, 2.05) is 31.2 Å². The summed E-state index contributed by atoms with van der Waals surface area (Å²) in [6.07, 6.45) is -1.01. The largest absolute Gasteiger partial charge is 0.453 e. The zero-order valence-electron chi connectivity index (χ0n) is 14.8. The highest BCUT2D eigenvalue weighted by atomic mass is 19.1. The monoisotopic (exact) mass is 368 g/mol. The van der Waals surface area contributed by atoms with E-state index in [-0.39, 0.29) is 12.1 Å². The Labute approximate surface area is 154 Å². The lowest BCUT2D eigenvalue weighted by Crippen LogP contribution is -2.27. The first-order chi connectivity index (χ1) is 12.9. The summed E-state index contributed by atoms with van der Waals surface area (Å²) in [6.45, 7) is 3.15. The number of ketones is 1. The van der Waals surface area contributed by atoms with E-state index in [4.69, 9.17) is 4.74 Å². The van der Waals surface area contributed by atoms with E-state index in [1.54, 1.807) is 0 Å². The van der Waals surface area contributed by atoms with Gasteiger partial charge in [-0.1, -0.05) is 29.8 Å². The Kier molecular flexibility index (Phi) is 5.35. The molecule has 1 atom stereocenters. The molecular formula is C19H17FN4O3. The molecule has 0 bridgehead atoms. The van der Waals surface area contributed by atoms with Crippen molar-refractivity contribution >= 4 is 11.8 Å². The maximum Gasteiger partial charge on any atom is 0.330 e. The zero-order chi connectivity index (χ0) is 19.4. The second kappa shape index (κ2) is 7.86. The van der Waals surface area contributed by atoms with Gasteiger partial charge in [-0.2, -0.15) is 4.80 Å². The SMILES string of the molecule is Cc1ccc(-c2nnn(CC(=O)O[C@@H](C)C(=O)c3ccc(F)cc3)n2)cc1. The number of rotatable bonds is 6. The summed E-state index contributed by atoms with van der Waals surface area (Å²) in [6, 6.07) is 12.6. The molecule has 1 aromatic heterocycles. The van der Waals surface area contributed by atoms with E-state index < -0.39 is 23.7 Å². The highest BCUT2D eigenvalue weighted by Crippen LogP contribution is 2.14. The molecular weight excluding hydrogens is 351 g/mol. The highest BCUT2D eigenvalue weighted by molar-refractivity contribution is 6.00. The summed E-state index contributed by atoms with van der Waals surface area (Å²) in [4.78, 5) is 25.4. The molecule has 7 nitrogen and oxygen atoms in total. The lowest BCUT2D eigenvalue weighted by atomic mass is 10.1. The molecule has 0 spiro atoms. The summed E-state index contributed by atoms with van der Waals surface area (Å²) in [5.41, 5.74) is 2.15. The maximum absolute atomic E-state index is 12.9. The number of halogens is 1. The fourth-order valence-electron chi connectivity index (χ4n) is 2.38. The molecule has 1 heterocycles. The molecule has 0 radical (unpaired) electrons. The quantitative estimate of drug-likeness (QED) is 0.491. The van der Waals surface area contributed by atoms with Gasteiger partial charge >= 0.3 is 5.97 Å². The van der Waals surface area contributed by atoms with Crippen molar-refractivity contribution in [1.82, 2.24) is 20.2 Å². The molecule has 3 rings (SSSR count). The number of carbonyl (C=O) groups is 2. The van der Waals surface area contributed by atoms with Crippen LogP contribution in [-0.2, 0) is 16.1 Å². The summed E-state index contributed by atoms with van der Waals surface area (Å²) in [5.74, 6) is -1.16. The van der Waals surface area contributed by atoms with Gasteiger partial charge in [0.1, 0.15) is 5.82 Å². The molecule has 0 saturated heterocycles. The number of esters is 1. The molecule has 2 aromatic carbocycles. The molecule has 27 heavy (non-hydrogen) atoms. The predicted octanol–water partition coefficient (Wildman–Crippen LogP) is 2.60. The number of aromatic nitrogens is 4. The van der Waals surface area contributed by atoms with Crippen LogP contribution < -0.4 is 0 Å².